The molecule has 0 saturated carbocycles. The number of nitrogens with one attached hydrogen (secondary N) is 1. The highest BCUT2D eigenvalue weighted by Crippen LogP contribution is 2.14. The van der Waals surface area contributed by atoms with Gasteiger partial charge in [-0.1, -0.05) is 36.4 Å². The van der Waals surface area contributed by atoms with Crippen molar-refractivity contribution < 1.29 is 9.59 Å². The van der Waals surface area contributed by atoms with E-state index < -0.39 is 23.7 Å². The van der Waals surface area contributed by atoms with E-state index in [9.17, 15) is 19.2 Å². The molecule has 0 aliphatic carbocycles. The van der Waals surface area contributed by atoms with Crippen LogP contribution in [0.2, 0.25) is 0 Å². The zero-order chi connectivity index (χ0) is 25.1. The number of fused-ring (bicyclic) bond motifs is 1. The molecular weight excluding hydrogens is 448 g/mol. The predicted octanol–water partition coefficient (Wildman–Crippen LogP) is 1.71. The van der Waals surface area contributed by atoms with Crippen LogP contribution in [0.25, 0.3) is 10.9 Å². The minimum atomic E-state index is -0.699. The molecule has 2 heterocycles. The van der Waals surface area contributed by atoms with Crippen molar-refractivity contribution in [3.8, 4) is 0 Å². The summed E-state index contributed by atoms with van der Waals surface area (Å²) in [4.78, 5) is 52.0. The summed E-state index contributed by atoms with van der Waals surface area (Å²) in [7, 11) is 0. The molecule has 178 valence electrons. The minimum Gasteiger partial charge on any atom is -0.382 e. The van der Waals surface area contributed by atoms with Crippen molar-refractivity contribution in [1.82, 2.24) is 24.2 Å². The van der Waals surface area contributed by atoms with Crippen molar-refractivity contribution in [3.05, 3.63) is 105 Å². The molecule has 2 aromatic carbocycles. The number of amides is 1. The Balaban J connectivity index is 1.77. The fourth-order valence-electron chi connectivity index (χ4n) is 3.83. The topological polar surface area (TPSA) is 134 Å². The van der Waals surface area contributed by atoms with Crippen LogP contribution >= 0.6 is 0 Å². The van der Waals surface area contributed by atoms with Crippen LogP contribution in [0.5, 0.6) is 0 Å². The first-order valence-corrected chi connectivity index (χ1v) is 10.9. The van der Waals surface area contributed by atoms with Crippen LogP contribution < -0.4 is 22.3 Å². The molecule has 35 heavy (non-hydrogen) atoms. The summed E-state index contributed by atoms with van der Waals surface area (Å²) in [6.07, 6.45) is 1.42. The Morgan fingerprint density at radius 2 is 1.83 bits per heavy atom. The van der Waals surface area contributed by atoms with Gasteiger partial charge in [-0.15, -0.1) is 11.7 Å². The first-order chi connectivity index (χ1) is 16.8. The van der Waals surface area contributed by atoms with E-state index in [1.54, 1.807) is 6.92 Å². The average molecular weight is 473 g/mol. The van der Waals surface area contributed by atoms with Gasteiger partial charge in [0.05, 0.1) is 10.9 Å². The van der Waals surface area contributed by atoms with Gasteiger partial charge in [0.1, 0.15) is 12.4 Å². The van der Waals surface area contributed by atoms with Crippen LogP contribution in [0, 0.1) is 6.92 Å². The second kappa shape index (κ2) is 9.64. The highest BCUT2D eigenvalue weighted by molar-refractivity contribution is 5.98. The van der Waals surface area contributed by atoms with Crippen LogP contribution in [-0.2, 0) is 19.6 Å². The fourth-order valence-corrected chi connectivity index (χ4v) is 3.83. The van der Waals surface area contributed by atoms with Crippen molar-refractivity contribution >= 4 is 28.5 Å². The zero-order valence-corrected chi connectivity index (χ0v) is 19.1. The van der Waals surface area contributed by atoms with Crippen molar-refractivity contribution in [1.29, 1.82) is 0 Å². The normalized spacial score (nSPS) is 10.9. The molecule has 0 spiro atoms. The van der Waals surface area contributed by atoms with Crippen molar-refractivity contribution in [2.75, 3.05) is 5.73 Å². The Morgan fingerprint density at radius 1 is 1.09 bits per heavy atom. The molecule has 0 fully saturated rings. The van der Waals surface area contributed by atoms with Crippen LogP contribution in [0.4, 0.5) is 5.82 Å². The molecule has 0 aliphatic heterocycles. The number of aromatic nitrogens is 4. The number of benzene rings is 2. The number of nitrogen functional groups attached to an aromatic ring is 1. The number of nitrogens with zero attached hydrogens (tertiary/aromatic N) is 4. The lowest BCUT2D eigenvalue weighted by molar-refractivity contribution is 0.0871. The van der Waals surface area contributed by atoms with E-state index in [1.807, 2.05) is 30.3 Å². The van der Waals surface area contributed by atoms with Crippen LogP contribution in [0.15, 0.2) is 76.8 Å². The molecule has 2 aromatic heterocycles. The second-order valence-electron chi connectivity index (χ2n) is 7.99. The van der Waals surface area contributed by atoms with Gasteiger partial charge in [-0.3, -0.25) is 23.5 Å². The highest BCUT2D eigenvalue weighted by Gasteiger charge is 2.19. The number of carbonyl (C=O) groups is 2. The third-order valence-corrected chi connectivity index (χ3v) is 5.53. The van der Waals surface area contributed by atoms with Crippen LogP contribution in [0.3, 0.4) is 0 Å². The van der Waals surface area contributed by atoms with Gasteiger partial charge in [-0.2, -0.15) is 0 Å². The summed E-state index contributed by atoms with van der Waals surface area (Å²) in [5.74, 6) is -0.737. The van der Waals surface area contributed by atoms with Crippen LogP contribution in [-0.4, -0.2) is 30.7 Å². The smallest absolute Gasteiger partial charge is 0.332 e. The molecule has 0 atom stereocenters. The van der Waals surface area contributed by atoms with Crippen LogP contribution in [0.1, 0.15) is 26.4 Å². The molecule has 1 amide bonds. The molecule has 0 saturated heterocycles. The lowest BCUT2D eigenvalue weighted by Gasteiger charge is -2.14. The number of hydrogen-bond acceptors (Lipinski definition) is 6. The van der Waals surface area contributed by atoms with Gasteiger partial charge < -0.3 is 11.1 Å². The van der Waals surface area contributed by atoms with E-state index in [-0.39, 0.29) is 34.7 Å². The Bertz CT molecular complexity index is 1560. The summed E-state index contributed by atoms with van der Waals surface area (Å²) in [6, 6.07) is 15.4. The van der Waals surface area contributed by atoms with Gasteiger partial charge in [-0.25, -0.2) is 9.48 Å². The molecule has 10 heteroatoms. The fraction of sp³-hybridized carbons (Fsp3) is 0.160. The number of carbonyl (C=O) groups excluding carboxylic acids is 2. The van der Waals surface area contributed by atoms with Crippen molar-refractivity contribution in [2.45, 2.75) is 26.6 Å². The first-order valence-electron chi connectivity index (χ1n) is 10.9. The van der Waals surface area contributed by atoms with Gasteiger partial charge in [-0.05, 0) is 30.7 Å². The Hall–Kier alpha value is -4.73. The molecular formula is C25H24N6O4. The first kappa shape index (κ1) is 23.4. The van der Waals surface area contributed by atoms with Gasteiger partial charge in [0.2, 0.25) is 0 Å². The molecule has 0 radical (unpaired) electrons. The van der Waals surface area contributed by atoms with Gasteiger partial charge in [0.25, 0.3) is 17.4 Å². The third-order valence-electron chi connectivity index (χ3n) is 5.53. The lowest BCUT2D eigenvalue weighted by Crippen LogP contribution is -2.41. The standard InChI is InChI=1S/C25H24N6O4/c1-3-11-29-24(34)19-10-9-18(23(33)27-14-17-7-5-4-6-8-17)13-20(19)30(25(29)35)15-22(32)31-16(2)12-21(26)28-31/h3-10,12-13H,1,11,14-15H2,2H3,(H2,26,28)(H,27,33). The largest absolute Gasteiger partial charge is 0.382 e. The van der Waals surface area contributed by atoms with Crippen molar-refractivity contribution in [2.24, 2.45) is 0 Å². The summed E-state index contributed by atoms with van der Waals surface area (Å²) >= 11 is 0. The third kappa shape index (κ3) is 4.67. The maximum atomic E-state index is 13.2. The number of rotatable bonds is 7. The van der Waals surface area contributed by atoms with E-state index in [4.69, 9.17) is 5.73 Å². The number of nitrogens with two attached hydrogens (primary N) is 1. The van der Waals surface area contributed by atoms with E-state index >= 15 is 0 Å². The molecule has 0 bridgehead atoms. The maximum absolute atomic E-state index is 13.2. The van der Waals surface area contributed by atoms with E-state index in [1.165, 1.54) is 30.3 Å². The summed E-state index contributed by atoms with van der Waals surface area (Å²) < 4.78 is 3.25. The molecule has 0 unspecified atom stereocenters. The quantitative estimate of drug-likeness (QED) is 0.393. The number of aryl methyl sites for hydroxylation is 1. The number of hydrogen-bond donors (Lipinski definition) is 2. The highest BCUT2D eigenvalue weighted by atomic mass is 16.2. The Labute approximate surface area is 199 Å². The Morgan fingerprint density at radius 3 is 2.49 bits per heavy atom. The lowest BCUT2D eigenvalue weighted by atomic mass is 10.1. The summed E-state index contributed by atoms with van der Waals surface area (Å²) in [6.45, 7) is 5.12. The molecule has 10 nitrogen and oxygen atoms in total. The van der Waals surface area contributed by atoms with Gasteiger partial charge in [0.15, 0.2) is 0 Å². The van der Waals surface area contributed by atoms with Gasteiger partial charge >= 0.3 is 5.69 Å². The van der Waals surface area contributed by atoms with E-state index in [0.717, 1.165) is 19.4 Å². The summed E-state index contributed by atoms with van der Waals surface area (Å²) in [5, 5.41) is 6.98. The average Bonchev–Trinajstić information content (AvgIpc) is 3.20. The second-order valence-corrected chi connectivity index (χ2v) is 7.99. The van der Waals surface area contributed by atoms with E-state index in [2.05, 4.69) is 17.0 Å². The van der Waals surface area contributed by atoms with Gasteiger partial charge in [0, 0.05) is 30.4 Å². The SMILES string of the molecule is C=CCn1c(=O)c2ccc(C(=O)NCc3ccccc3)cc2n(CC(=O)n2nc(N)cc2C)c1=O. The predicted molar refractivity (Wildman–Crippen MR) is 132 cm³/mol. The number of allylic oxidation sites excluding steroid dienone is 1. The molecule has 0 aliphatic rings. The number of anilines is 1. The monoisotopic (exact) mass is 472 g/mol. The van der Waals surface area contributed by atoms with E-state index in [0.29, 0.717) is 12.2 Å². The van der Waals surface area contributed by atoms with Crippen molar-refractivity contribution in [3.63, 3.8) is 0 Å². The maximum Gasteiger partial charge on any atom is 0.332 e. The summed E-state index contributed by atoms with van der Waals surface area (Å²) in [5.41, 5.74) is 6.29. The Kier molecular flexibility index (Phi) is 6.45. The molecule has 3 N–H and O–H groups in total. The zero-order valence-electron chi connectivity index (χ0n) is 19.1. The molecule has 4 rings (SSSR count). The molecule has 4 aromatic rings. The minimum absolute atomic E-state index is 0.0329.